The van der Waals surface area contributed by atoms with E-state index in [1.54, 1.807) is 0 Å². The van der Waals surface area contributed by atoms with E-state index in [-0.39, 0.29) is 30.7 Å². The Morgan fingerprint density at radius 3 is 2.56 bits per heavy atom. The van der Waals surface area contributed by atoms with Gasteiger partial charge in [-0.3, -0.25) is 19.7 Å². The smallest absolute Gasteiger partial charge is 0.395 e. The molecule has 1 saturated heterocycles. The molecule has 8 nitrogen and oxygen atoms in total. The van der Waals surface area contributed by atoms with E-state index in [1.807, 2.05) is 30.3 Å². The first-order chi connectivity index (χ1) is 12.0. The van der Waals surface area contributed by atoms with E-state index < -0.39 is 16.7 Å². The summed E-state index contributed by atoms with van der Waals surface area (Å²) in [5.41, 5.74) is 1.15. The van der Waals surface area contributed by atoms with Crippen LogP contribution in [0.4, 0.5) is 5.88 Å². The first-order valence-corrected chi connectivity index (χ1v) is 7.89. The highest BCUT2D eigenvalue weighted by Gasteiger charge is 2.37. The molecule has 2 amide bonds. The molecule has 1 aliphatic rings. The number of hydrogen-bond acceptors (Lipinski definition) is 5. The predicted molar refractivity (Wildman–Crippen MR) is 87.9 cm³/mol. The van der Waals surface area contributed by atoms with Crippen LogP contribution in [-0.4, -0.2) is 41.3 Å². The summed E-state index contributed by atoms with van der Waals surface area (Å²) in [4.78, 5) is 35.5. The fourth-order valence-corrected chi connectivity index (χ4v) is 2.63. The minimum Gasteiger partial charge on any atom is -0.395 e. The molecule has 8 heteroatoms. The monoisotopic (exact) mass is 343 g/mol. The fourth-order valence-electron chi connectivity index (χ4n) is 2.63. The van der Waals surface area contributed by atoms with Gasteiger partial charge in [-0.25, -0.2) is 0 Å². The quantitative estimate of drug-likeness (QED) is 0.634. The number of nitrogens with one attached hydrogen (secondary N) is 1. The molecule has 1 aromatic carbocycles. The Morgan fingerprint density at radius 1 is 1.20 bits per heavy atom. The van der Waals surface area contributed by atoms with Gasteiger partial charge in [0, 0.05) is 19.6 Å². The molecule has 130 valence electrons. The topological polar surface area (TPSA) is 106 Å². The number of hydrogen-bond donors (Lipinski definition) is 1. The van der Waals surface area contributed by atoms with Gasteiger partial charge in [-0.05, 0) is 18.1 Å². The Balaban J connectivity index is 1.42. The maximum Gasteiger partial charge on any atom is 0.433 e. The third-order valence-electron chi connectivity index (χ3n) is 4.08. The molecule has 1 N–H and O–H groups in total. The molecule has 0 unspecified atom stereocenters. The molecular weight excluding hydrogens is 326 g/mol. The molecule has 0 spiro atoms. The first kappa shape index (κ1) is 16.7. The van der Waals surface area contributed by atoms with Gasteiger partial charge in [0.25, 0.3) is 5.91 Å². The maximum absolute atomic E-state index is 12.1. The lowest BCUT2D eigenvalue weighted by Crippen LogP contribution is -2.55. The zero-order valence-electron chi connectivity index (χ0n) is 13.4. The number of furan rings is 1. The number of amides is 2. The van der Waals surface area contributed by atoms with Crippen molar-refractivity contribution in [2.75, 3.05) is 19.6 Å². The van der Waals surface area contributed by atoms with E-state index in [4.69, 9.17) is 4.42 Å². The second-order valence-electron chi connectivity index (χ2n) is 5.83. The summed E-state index contributed by atoms with van der Waals surface area (Å²) in [6.07, 6.45) is 0.748. The molecule has 25 heavy (non-hydrogen) atoms. The van der Waals surface area contributed by atoms with Gasteiger partial charge in [-0.15, -0.1) is 0 Å². The number of carbonyl (C=O) groups is 2. The van der Waals surface area contributed by atoms with Gasteiger partial charge in [-0.1, -0.05) is 30.3 Å². The molecule has 1 aromatic heterocycles. The molecule has 0 aliphatic carbocycles. The standard InChI is InChI=1S/C17H17N3O5/c21-16(18-9-8-12-4-2-1-3-5-12)13-10-19(11-13)17(22)14-6-7-15(25-14)20(23)24/h1-7,13H,8-11H2,(H,18,21). The van der Waals surface area contributed by atoms with Crippen LogP contribution >= 0.6 is 0 Å². The van der Waals surface area contributed by atoms with Crippen LogP contribution in [0.15, 0.2) is 46.9 Å². The molecule has 3 rings (SSSR count). The second-order valence-corrected chi connectivity index (χ2v) is 5.83. The van der Waals surface area contributed by atoms with Crippen molar-refractivity contribution in [2.24, 2.45) is 5.92 Å². The average Bonchev–Trinajstić information content (AvgIpc) is 3.04. The van der Waals surface area contributed by atoms with E-state index in [1.165, 1.54) is 11.0 Å². The molecule has 0 radical (unpaired) electrons. The minimum atomic E-state index is -0.699. The van der Waals surface area contributed by atoms with Crippen LogP contribution in [-0.2, 0) is 11.2 Å². The van der Waals surface area contributed by atoms with Crippen molar-refractivity contribution >= 4 is 17.7 Å². The molecule has 1 aliphatic heterocycles. The minimum absolute atomic E-state index is 0.0883. The van der Waals surface area contributed by atoms with Crippen LogP contribution in [0.25, 0.3) is 0 Å². The number of rotatable bonds is 6. The highest BCUT2D eigenvalue weighted by Crippen LogP contribution is 2.22. The van der Waals surface area contributed by atoms with Crippen LogP contribution in [0.3, 0.4) is 0 Å². The Bertz CT molecular complexity index is 781. The maximum atomic E-state index is 12.1. The summed E-state index contributed by atoms with van der Waals surface area (Å²) in [5.74, 6) is -1.36. The summed E-state index contributed by atoms with van der Waals surface area (Å²) < 4.78 is 4.88. The zero-order chi connectivity index (χ0) is 17.8. The molecule has 2 aromatic rings. The molecule has 0 atom stereocenters. The Hall–Kier alpha value is -3.16. The summed E-state index contributed by atoms with van der Waals surface area (Å²) in [5, 5.41) is 13.4. The fraction of sp³-hybridized carbons (Fsp3) is 0.294. The van der Waals surface area contributed by atoms with Crippen molar-refractivity contribution in [2.45, 2.75) is 6.42 Å². The van der Waals surface area contributed by atoms with Gasteiger partial charge in [0.15, 0.2) is 5.76 Å². The van der Waals surface area contributed by atoms with Crippen LogP contribution in [0.2, 0.25) is 0 Å². The highest BCUT2D eigenvalue weighted by molar-refractivity contribution is 5.94. The van der Waals surface area contributed by atoms with Crippen molar-refractivity contribution in [3.8, 4) is 0 Å². The van der Waals surface area contributed by atoms with E-state index in [0.717, 1.165) is 18.1 Å². The third kappa shape index (κ3) is 3.85. The zero-order valence-corrected chi connectivity index (χ0v) is 13.4. The number of likely N-dealkylation sites (tertiary alicyclic amines) is 1. The van der Waals surface area contributed by atoms with Crippen molar-refractivity contribution in [3.05, 3.63) is 63.9 Å². The van der Waals surface area contributed by atoms with E-state index in [0.29, 0.717) is 6.54 Å². The first-order valence-electron chi connectivity index (χ1n) is 7.89. The molecule has 1 fully saturated rings. The lowest BCUT2D eigenvalue weighted by molar-refractivity contribution is -0.402. The largest absolute Gasteiger partial charge is 0.433 e. The third-order valence-corrected chi connectivity index (χ3v) is 4.08. The summed E-state index contributed by atoms with van der Waals surface area (Å²) in [6.45, 7) is 1.10. The van der Waals surface area contributed by atoms with Crippen molar-refractivity contribution < 1.29 is 18.9 Å². The number of benzene rings is 1. The van der Waals surface area contributed by atoms with E-state index in [9.17, 15) is 19.7 Å². The van der Waals surface area contributed by atoms with Gasteiger partial charge in [0.1, 0.15) is 4.92 Å². The van der Waals surface area contributed by atoms with Gasteiger partial charge in [0.2, 0.25) is 5.91 Å². The molecule has 0 bridgehead atoms. The van der Waals surface area contributed by atoms with Crippen molar-refractivity contribution in [1.29, 1.82) is 0 Å². The van der Waals surface area contributed by atoms with Crippen molar-refractivity contribution in [1.82, 2.24) is 10.2 Å². The number of nitrogens with zero attached hydrogens (tertiary/aromatic N) is 2. The van der Waals surface area contributed by atoms with Crippen LogP contribution < -0.4 is 5.32 Å². The SMILES string of the molecule is O=C(NCCc1ccccc1)C1CN(C(=O)c2ccc([N+](=O)[O-])o2)C1. The van der Waals surface area contributed by atoms with Crippen LogP contribution in [0.1, 0.15) is 16.1 Å². The lowest BCUT2D eigenvalue weighted by atomic mass is 9.98. The molecular formula is C17H17N3O5. The van der Waals surface area contributed by atoms with Gasteiger partial charge >= 0.3 is 5.88 Å². The summed E-state index contributed by atoms with van der Waals surface area (Å²) in [7, 11) is 0. The van der Waals surface area contributed by atoms with Gasteiger partial charge in [0.05, 0.1) is 12.0 Å². The van der Waals surface area contributed by atoms with Gasteiger partial charge in [-0.2, -0.15) is 0 Å². The number of carbonyl (C=O) groups excluding carboxylic acids is 2. The van der Waals surface area contributed by atoms with Crippen LogP contribution in [0.5, 0.6) is 0 Å². The highest BCUT2D eigenvalue weighted by atomic mass is 16.6. The molecule has 0 saturated carbocycles. The van der Waals surface area contributed by atoms with Gasteiger partial charge < -0.3 is 14.6 Å². The second kappa shape index (κ2) is 7.16. The average molecular weight is 343 g/mol. The van der Waals surface area contributed by atoms with Crippen molar-refractivity contribution in [3.63, 3.8) is 0 Å². The normalized spacial score (nSPS) is 14.0. The molecule has 2 heterocycles. The predicted octanol–water partition coefficient (Wildman–Crippen LogP) is 1.62. The summed E-state index contributed by atoms with van der Waals surface area (Å²) >= 11 is 0. The van der Waals surface area contributed by atoms with E-state index in [2.05, 4.69) is 5.32 Å². The number of nitro groups is 1. The Labute approximate surface area is 143 Å². The van der Waals surface area contributed by atoms with Crippen LogP contribution in [0, 0.1) is 16.0 Å². The Kier molecular flexibility index (Phi) is 4.78. The van der Waals surface area contributed by atoms with E-state index >= 15 is 0 Å². The lowest BCUT2D eigenvalue weighted by Gasteiger charge is -2.37. The summed E-state index contributed by atoms with van der Waals surface area (Å²) in [6, 6.07) is 12.2. The Morgan fingerprint density at radius 2 is 1.92 bits per heavy atom.